The number of benzene rings is 1. The average Bonchev–Trinajstić information content (AvgIpc) is 2.84. The van der Waals surface area contributed by atoms with Crippen molar-refractivity contribution >= 4 is 5.69 Å². The largest absolute Gasteiger partial charge is 0.383 e. The Hall–Kier alpha value is -1.81. The molecule has 0 amide bonds. The van der Waals surface area contributed by atoms with Crippen LogP contribution in [0.2, 0.25) is 0 Å². The third-order valence-corrected chi connectivity index (χ3v) is 2.77. The van der Waals surface area contributed by atoms with Crippen molar-refractivity contribution in [3.8, 4) is 0 Å². The molecule has 0 aliphatic carbocycles. The number of nitrogens with zero attached hydrogens (tertiary/aromatic N) is 2. The molecule has 0 radical (unpaired) electrons. The maximum Gasteiger partial charge on any atom is 0.0729 e. The molecule has 4 nitrogen and oxygen atoms in total. The van der Waals surface area contributed by atoms with E-state index in [-0.39, 0.29) is 0 Å². The van der Waals surface area contributed by atoms with Gasteiger partial charge in [0.25, 0.3) is 0 Å². The minimum Gasteiger partial charge on any atom is -0.383 e. The summed E-state index contributed by atoms with van der Waals surface area (Å²) in [6, 6.07) is 8.52. The second kappa shape index (κ2) is 6.21. The molecule has 1 N–H and O–H groups in total. The molecule has 1 heterocycles. The summed E-state index contributed by atoms with van der Waals surface area (Å²) in [4.78, 5) is 0. The number of ether oxygens (including phenoxy) is 1. The van der Waals surface area contributed by atoms with Crippen LogP contribution in [0.15, 0.2) is 36.7 Å². The van der Waals surface area contributed by atoms with Gasteiger partial charge in [-0.25, -0.2) is 0 Å². The summed E-state index contributed by atoms with van der Waals surface area (Å²) in [7, 11) is 1.69. The Morgan fingerprint density at radius 1 is 1.28 bits per heavy atom. The van der Waals surface area contributed by atoms with Gasteiger partial charge < -0.3 is 10.1 Å². The van der Waals surface area contributed by atoms with Gasteiger partial charge >= 0.3 is 0 Å². The summed E-state index contributed by atoms with van der Waals surface area (Å²) in [5, 5.41) is 7.61. The monoisotopic (exact) mass is 245 g/mol. The molecule has 2 aromatic rings. The van der Waals surface area contributed by atoms with Crippen LogP contribution in [0, 0.1) is 6.92 Å². The second-order valence-electron chi connectivity index (χ2n) is 4.32. The highest BCUT2D eigenvalue weighted by molar-refractivity contribution is 5.39. The molecule has 0 saturated heterocycles. The number of aryl methyl sites for hydroxylation is 1. The van der Waals surface area contributed by atoms with Crippen molar-refractivity contribution in [1.82, 2.24) is 9.78 Å². The molecule has 4 heteroatoms. The van der Waals surface area contributed by atoms with Gasteiger partial charge in [0.15, 0.2) is 0 Å². The molecule has 96 valence electrons. The number of rotatable bonds is 6. The van der Waals surface area contributed by atoms with E-state index in [1.807, 2.05) is 17.1 Å². The molecule has 1 aromatic heterocycles. The van der Waals surface area contributed by atoms with Gasteiger partial charge in [0.1, 0.15) is 0 Å². The number of nitrogens with one attached hydrogen (secondary N) is 1. The quantitative estimate of drug-likeness (QED) is 0.849. The van der Waals surface area contributed by atoms with Gasteiger partial charge in [-0.2, -0.15) is 5.10 Å². The van der Waals surface area contributed by atoms with Gasteiger partial charge in [0, 0.05) is 19.9 Å². The van der Waals surface area contributed by atoms with Crippen molar-refractivity contribution in [2.75, 3.05) is 19.0 Å². The Kier molecular flexibility index (Phi) is 4.36. The minimum absolute atomic E-state index is 0.680. The highest BCUT2D eigenvalue weighted by Gasteiger charge is 1.98. The summed E-state index contributed by atoms with van der Waals surface area (Å²) in [6.45, 7) is 4.37. The molecule has 0 unspecified atom stereocenters. The van der Waals surface area contributed by atoms with E-state index in [9.17, 15) is 0 Å². The number of anilines is 1. The first-order valence-corrected chi connectivity index (χ1v) is 6.09. The third-order valence-electron chi connectivity index (χ3n) is 2.77. The van der Waals surface area contributed by atoms with Crippen molar-refractivity contribution in [2.24, 2.45) is 0 Å². The normalized spacial score (nSPS) is 10.6. The van der Waals surface area contributed by atoms with Crippen LogP contribution in [0.3, 0.4) is 0 Å². The fourth-order valence-electron chi connectivity index (χ4n) is 1.67. The molecule has 2 rings (SSSR count). The first-order valence-electron chi connectivity index (χ1n) is 6.09. The van der Waals surface area contributed by atoms with Crippen LogP contribution in [-0.4, -0.2) is 23.5 Å². The molecule has 1 aromatic carbocycles. The van der Waals surface area contributed by atoms with Gasteiger partial charge in [-0.1, -0.05) is 29.8 Å². The lowest BCUT2D eigenvalue weighted by Gasteiger charge is -2.04. The van der Waals surface area contributed by atoms with E-state index in [0.717, 1.165) is 18.8 Å². The smallest absolute Gasteiger partial charge is 0.0729 e. The zero-order valence-electron chi connectivity index (χ0n) is 10.9. The minimum atomic E-state index is 0.680. The molecule has 0 aliphatic heterocycles. The van der Waals surface area contributed by atoms with E-state index in [0.29, 0.717) is 6.61 Å². The predicted octanol–water partition coefficient (Wildman–Crippen LogP) is 2.45. The Labute approximate surface area is 108 Å². The highest BCUT2D eigenvalue weighted by Crippen LogP contribution is 2.09. The molecular weight excluding hydrogens is 226 g/mol. The Bertz CT molecular complexity index is 476. The Balaban J connectivity index is 1.86. The second-order valence-corrected chi connectivity index (χ2v) is 4.32. The standard InChI is InChI=1S/C14H19N3O/c1-12-3-5-13(6-4-12)9-15-14-10-16-17(11-14)7-8-18-2/h3-6,10-11,15H,7-9H2,1-2H3. The van der Waals surface area contributed by atoms with Crippen LogP contribution in [0.1, 0.15) is 11.1 Å². The molecule has 0 bridgehead atoms. The zero-order chi connectivity index (χ0) is 12.8. The molecule has 0 saturated carbocycles. The van der Waals surface area contributed by atoms with Crippen molar-refractivity contribution < 1.29 is 4.74 Å². The molecule has 0 fully saturated rings. The highest BCUT2D eigenvalue weighted by atomic mass is 16.5. The lowest BCUT2D eigenvalue weighted by Crippen LogP contribution is -2.04. The van der Waals surface area contributed by atoms with Gasteiger partial charge in [-0.3, -0.25) is 4.68 Å². The van der Waals surface area contributed by atoms with Crippen LogP contribution in [0.25, 0.3) is 0 Å². The average molecular weight is 245 g/mol. The van der Waals surface area contributed by atoms with Crippen molar-refractivity contribution in [3.05, 3.63) is 47.8 Å². The summed E-state index contributed by atoms with van der Waals surface area (Å²) < 4.78 is 6.89. The van der Waals surface area contributed by atoms with Gasteiger partial charge in [0.05, 0.1) is 25.0 Å². The summed E-state index contributed by atoms with van der Waals surface area (Å²) >= 11 is 0. The molecule has 0 aliphatic rings. The lowest BCUT2D eigenvalue weighted by atomic mass is 10.1. The van der Waals surface area contributed by atoms with Crippen molar-refractivity contribution in [3.63, 3.8) is 0 Å². The fourth-order valence-corrected chi connectivity index (χ4v) is 1.67. The van der Waals surface area contributed by atoms with Gasteiger partial charge in [-0.15, -0.1) is 0 Å². The van der Waals surface area contributed by atoms with E-state index < -0.39 is 0 Å². The molecular formula is C14H19N3O. The van der Waals surface area contributed by atoms with Crippen molar-refractivity contribution in [2.45, 2.75) is 20.0 Å². The van der Waals surface area contributed by atoms with Crippen LogP contribution in [0.4, 0.5) is 5.69 Å². The van der Waals surface area contributed by atoms with Crippen LogP contribution >= 0.6 is 0 Å². The number of aromatic nitrogens is 2. The summed E-state index contributed by atoms with van der Waals surface area (Å²) in [5.41, 5.74) is 3.59. The Morgan fingerprint density at radius 3 is 2.78 bits per heavy atom. The van der Waals surface area contributed by atoms with E-state index in [1.165, 1.54) is 11.1 Å². The zero-order valence-corrected chi connectivity index (χ0v) is 10.9. The maximum atomic E-state index is 5.01. The van der Waals surface area contributed by atoms with Crippen LogP contribution in [-0.2, 0) is 17.8 Å². The van der Waals surface area contributed by atoms with E-state index >= 15 is 0 Å². The molecule has 0 atom stereocenters. The van der Waals surface area contributed by atoms with E-state index in [1.54, 1.807) is 7.11 Å². The third kappa shape index (κ3) is 3.60. The first kappa shape index (κ1) is 12.6. The van der Waals surface area contributed by atoms with Crippen LogP contribution < -0.4 is 5.32 Å². The summed E-state index contributed by atoms with van der Waals surface area (Å²) in [6.07, 6.45) is 3.83. The number of hydrogen-bond acceptors (Lipinski definition) is 3. The SMILES string of the molecule is COCCn1cc(NCc2ccc(C)cc2)cn1. The van der Waals surface area contributed by atoms with Crippen molar-refractivity contribution in [1.29, 1.82) is 0 Å². The summed E-state index contributed by atoms with van der Waals surface area (Å²) in [5.74, 6) is 0. The first-order chi connectivity index (χ1) is 8.78. The van der Waals surface area contributed by atoms with Gasteiger partial charge in [0.2, 0.25) is 0 Å². The topological polar surface area (TPSA) is 39.1 Å². The van der Waals surface area contributed by atoms with Crippen LogP contribution in [0.5, 0.6) is 0 Å². The Morgan fingerprint density at radius 2 is 2.06 bits per heavy atom. The predicted molar refractivity (Wildman–Crippen MR) is 72.6 cm³/mol. The fraction of sp³-hybridized carbons (Fsp3) is 0.357. The molecule has 18 heavy (non-hydrogen) atoms. The van der Waals surface area contributed by atoms with E-state index in [4.69, 9.17) is 4.74 Å². The molecule has 0 spiro atoms. The number of hydrogen-bond donors (Lipinski definition) is 1. The van der Waals surface area contributed by atoms with Gasteiger partial charge in [-0.05, 0) is 12.5 Å². The number of methoxy groups -OCH3 is 1. The lowest BCUT2D eigenvalue weighted by molar-refractivity contribution is 0.183. The van der Waals surface area contributed by atoms with E-state index in [2.05, 4.69) is 41.6 Å². The maximum absolute atomic E-state index is 5.01.